The topological polar surface area (TPSA) is 90.3 Å². The van der Waals surface area contributed by atoms with Gasteiger partial charge in [-0.1, -0.05) is 12.1 Å². The van der Waals surface area contributed by atoms with E-state index in [2.05, 4.69) is 10.4 Å². The molecular weight excluding hydrogens is 334 g/mol. The minimum atomic E-state index is -0.636. The largest absolute Gasteiger partial charge is 0.452 e. The number of rotatable bonds is 6. The van der Waals surface area contributed by atoms with Crippen LogP contribution in [-0.2, 0) is 21.4 Å². The number of hydrogen-bond acceptors (Lipinski definition) is 5. The van der Waals surface area contributed by atoms with E-state index < -0.39 is 18.5 Å². The number of aryl methyl sites for hydroxylation is 2. The van der Waals surface area contributed by atoms with Crippen molar-refractivity contribution < 1.29 is 19.1 Å². The Labute approximate surface area is 151 Å². The van der Waals surface area contributed by atoms with E-state index in [0.717, 1.165) is 17.0 Å². The molecule has 1 heterocycles. The zero-order valence-corrected chi connectivity index (χ0v) is 15.2. The van der Waals surface area contributed by atoms with Crippen molar-refractivity contribution in [3.63, 3.8) is 0 Å². The number of para-hydroxylation sites is 1. The van der Waals surface area contributed by atoms with Crippen molar-refractivity contribution in [1.82, 2.24) is 9.78 Å². The molecule has 26 heavy (non-hydrogen) atoms. The minimum Gasteiger partial charge on any atom is -0.452 e. The van der Waals surface area contributed by atoms with Crippen molar-refractivity contribution in [1.29, 1.82) is 0 Å². The molecule has 0 fully saturated rings. The number of nitrogens with zero attached hydrogens (tertiary/aromatic N) is 2. The summed E-state index contributed by atoms with van der Waals surface area (Å²) >= 11 is 0. The van der Waals surface area contributed by atoms with E-state index in [1.54, 1.807) is 35.0 Å². The Balaban J connectivity index is 1.92. The molecule has 7 nitrogen and oxygen atoms in total. The predicted octanol–water partition coefficient (Wildman–Crippen LogP) is 2.43. The fourth-order valence-electron chi connectivity index (χ4n) is 2.45. The van der Waals surface area contributed by atoms with Crippen LogP contribution >= 0.6 is 0 Å². The molecule has 0 atom stereocenters. The molecule has 0 aliphatic heterocycles. The Bertz CT molecular complexity index is 881. The summed E-state index contributed by atoms with van der Waals surface area (Å²) in [5, 5.41) is 6.82. The van der Waals surface area contributed by atoms with E-state index in [0.29, 0.717) is 11.3 Å². The number of nitrogens with one attached hydrogen (secondary N) is 1. The maximum Gasteiger partial charge on any atom is 0.331 e. The fourth-order valence-corrected chi connectivity index (χ4v) is 2.45. The van der Waals surface area contributed by atoms with E-state index in [9.17, 15) is 14.4 Å². The number of aromatic nitrogens is 2. The van der Waals surface area contributed by atoms with Crippen LogP contribution in [0.1, 0.15) is 34.2 Å². The second-order valence-corrected chi connectivity index (χ2v) is 5.80. The van der Waals surface area contributed by atoms with E-state index in [-0.39, 0.29) is 5.78 Å². The number of anilines is 1. The normalized spacial score (nSPS) is 10.8. The van der Waals surface area contributed by atoms with Crippen molar-refractivity contribution in [3.8, 4) is 0 Å². The van der Waals surface area contributed by atoms with Gasteiger partial charge in [-0.05, 0) is 39.0 Å². The summed E-state index contributed by atoms with van der Waals surface area (Å²) in [5.74, 6) is -1.32. The number of benzene rings is 1. The van der Waals surface area contributed by atoms with Crippen molar-refractivity contribution in [3.05, 3.63) is 52.9 Å². The number of amides is 1. The zero-order valence-electron chi connectivity index (χ0n) is 15.2. The van der Waals surface area contributed by atoms with Crippen LogP contribution in [0.25, 0.3) is 6.08 Å². The smallest absolute Gasteiger partial charge is 0.331 e. The molecule has 2 rings (SSSR count). The zero-order chi connectivity index (χ0) is 19.3. The summed E-state index contributed by atoms with van der Waals surface area (Å²) in [4.78, 5) is 35.3. The van der Waals surface area contributed by atoms with Gasteiger partial charge >= 0.3 is 5.97 Å². The number of ether oxygens (including phenoxy) is 1. The van der Waals surface area contributed by atoms with Crippen LogP contribution < -0.4 is 5.32 Å². The van der Waals surface area contributed by atoms with Crippen LogP contribution in [-0.4, -0.2) is 34.0 Å². The number of carbonyl (C=O) groups excluding carboxylic acids is 3. The highest BCUT2D eigenvalue weighted by Gasteiger charge is 2.11. The van der Waals surface area contributed by atoms with Gasteiger partial charge in [0.15, 0.2) is 12.4 Å². The van der Waals surface area contributed by atoms with E-state index in [1.807, 2.05) is 20.9 Å². The van der Waals surface area contributed by atoms with Crippen molar-refractivity contribution in [2.75, 3.05) is 11.9 Å². The Kier molecular flexibility index (Phi) is 6.06. The molecule has 1 N–H and O–H groups in total. The molecule has 0 aliphatic rings. The number of carbonyl (C=O) groups is 3. The maximum absolute atomic E-state index is 11.9. The van der Waals surface area contributed by atoms with Crippen molar-refractivity contribution >= 4 is 29.4 Å². The van der Waals surface area contributed by atoms with Gasteiger partial charge in [0.2, 0.25) is 0 Å². The highest BCUT2D eigenvalue weighted by Crippen LogP contribution is 2.15. The predicted molar refractivity (Wildman–Crippen MR) is 97.8 cm³/mol. The first-order chi connectivity index (χ1) is 12.3. The summed E-state index contributed by atoms with van der Waals surface area (Å²) in [6, 6.07) is 6.64. The average Bonchev–Trinajstić information content (AvgIpc) is 2.83. The molecule has 0 unspecified atom stereocenters. The molecule has 1 aromatic carbocycles. The molecule has 0 saturated carbocycles. The molecule has 0 aliphatic carbocycles. The highest BCUT2D eigenvalue weighted by atomic mass is 16.5. The fraction of sp³-hybridized carbons (Fsp3) is 0.263. The molecule has 0 saturated heterocycles. The summed E-state index contributed by atoms with van der Waals surface area (Å²) in [5.41, 5.74) is 3.34. The number of hydrogen-bond donors (Lipinski definition) is 1. The Hall–Kier alpha value is -3.22. The van der Waals surface area contributed by atoms with Gasteiger partial charge in [0.1, 0.15) is 0 Å². The van der Waals surface area contributed by atoms with Gasteiger partial charge in [0.05, 0.1) is 11.4 Å². The maximum atomic E-state index is 11.9. The summed E-state index contributed by atoms with van der Waals surface area (Å²) < 4.78 is 6.66. The van der Waals surface area contributed by atoms with E-state index in [4.69, 9.17) is 4.74 Å². The van der Waals surface area contributed by atoms with Gasteiger partial charge in [-0.2, -0.15) is 5.10 Å². The summed E-state index contributed by atoms with van der Waals surface area (Å²) in [6.07, 6.45) is 2.87. The standard InChI is InChI=1S/C19H21N3O4/c1-12-15(13(2)22(4)21-12)9-10-19(25)26-11-18(24)20-17-8-6-5-7-16(17)14(3)23/h5-10H,11H2,1-4H3,(H,20,24)/b10-9+. The summed E-state index contributed by atoms with van der Waals surface area (Å²) in [6.45, 7) is 4.71. The SMILES string of the molecule is CC(=O)c1ccccc1NC(=O)COC(=O)/C=C/c1c(C)nn(C)c1C. The Morgan fingerprint density at radius 3 is 2.54 bits per heavy atom. The second-order valence-electron chi connectivity index (χ2n) is 5.80. The molecule has 0 spiro atoms. The van der Waals surface area contributed by atoms with Crippen LogP contribution in [0.15, 0.2) is 30.3 Å². The van der Waals surface area contributed by atoms with Crippen molar-refractivity contribution in [2.45, 2.75) is 20.8 Å². The Morgan fingerprint density at radius 2 is 1.92 bits per heavy atom. The number of ketones is 1. The van der Waals surface area contributed by atoms with E-state index in [1.165, 1.54) is 13.0 Å². The van der Waals surface area contributed by atoms with Crippen molar-refractivity contribution in [2.24, 2.45) is 7.05 Å². The molecule has 136 valence electrons. The molecule has 1 amide bonds. The number of esters is 1. The lowest BCUT2D eigenvalue weighted by molar-refractivity contribution is -0.142. The van der Waals surface area contributed by atoms with Gasteiger partial charge in [0.25, 0.3) is 5.91 Å². The molecule has 2 aromatic rings. The first-order valence-corrected chi connectivity index (χ1v) is 8.04. The molecule has 0 bridgehead atoms. The van der Waals surface area contributed by atoms with Crippen LogP contribution in [0.2, 0.25) is 0 Å². The van der Waals surface area contributed by atoms with Gasteiger partial charge in [-0.15, -0.1) is 0 Å². The third-order valence-electron chi connectivity index (χ3n) is 3.88. The van der Waals surface area contributed by atoms with E-state index >= 15 is 0 Å². The molecule has 1 aromatic heterocycles. The quantitative estimate of drug-likeness (QED) is 0.488. The van der Waals surface area contributed by atoms with Crippen LogP contribution in [0.4, 0.5) is 5.69 Å². The highest BCUT2D eigenvalue weighted by molar-refractivity contribution is 6.04. The molecule has 7 heteroatoms. The third-order valence-corrected chi connectivity index (χ3v) is 3.88. The van der Waals surface area contributed by atoms with Gasteiger partial charge in [-0.3, -0.25) is 14.3 Å². The lowest BCUT2D eigenvalue weighted by Gasteiger charge is -2.08. The second kappa shape index (κ2) is 8.24. The number of Topliss-reactive ketones (excluding diaryl/α,β-unsaturated/α-hetero) is 1. The lowest BCUT2D eigenvalue weighted by atomic mass is 10.1. The van der Waals surface area contributed by atoms with Crippen LogP contribution in [0.5, 0.6) is 0 Å². The Morgan fingerprint density at radius 1 is 1.23 bits per heavy atom. The molecule has 0 radical (unpaired) electrons. The first kappa shape index (κ1) is 19.1. The monoisotopic (exact) mass is 355 g/mol. The van der Waals surface area contributed by atoms with Gasteiger partial charge < -0.3 is 10.1 Å². The van der Waals surface area contributed by atoms with Gasteiger partial charge in [0, 0.05) is 29.9 Å². The van der Waals surface area contributed by atoms with Crippen LogP contribution in [0, 0.1) is 13.8 Å². The third kappa shape index (κ3) is 4.66. The lowest BCUT2D eigenvalue weighted by Crippen LogP contribution is -2.21. The van der Waals surface area contributed by atoms with Crippen LogP contribution in [0.3, 0.4) is 0 Å². The molecular formula is C19H21N3O4. The average molecular weight is 355 g/mol. The minimum absolute atomic E-state index is 0.164. The first-order valence-electron chi connectivity index (χ1n) is 8.04. The summed E-state index contributed by atoms with van der Waals surface area (Å²) in [7, 11) is 1.82. The van der Waals surface area contributed by atoms with Gasteiger partial charge in [-0.25, -0.2) is 4.79 Å².